The number of aryl methyl sites for hydroxylation is 1. The maximum Gasteiger partial charge on any atom is 0.294 e. The Balaban J connectivity index is 2.65. The second-order valence-electron chi connectivity index (χ2n) is 4.58. The predicted molar refractivity (Wildman–Crippen MR) is 64.9 cm³/mol. The van der Waals surface area contributed by atoms with E-state index in [9.17, 15) is 18.1 Å². The second kappa shape index (κ2) is 4.62. The minimum absolute atomic E-state index is 0.191. The van der Waals surface area contributed by atoms with Crippen LogP contribution in [0.15, 0.2) is 23.1 Å². The van der Waals surface area contributed by atoms with Crippen LogP contribution < -0.4 is 0 Å². The van der Waals surface area contributed by atoms with Crippen LogP contribution in [0.3, 0.4) is 0 Å². The van der Waals surface area contributed by atoms with Gasteiger partial charge in [0.15, 0.2) is 0 Å². The van der Waals surface area contributed by atoms with E-state index in [4.69, 9.17) is 4.74 Å². The molecule has 0 aliphatic carbocycles. The van der Waals surface area contributed by atoms with Crippen molar-refractivity contribution in [3.63, 3.8) is 0 Å². The topological polar surface area (TPSA) is 83.8 Å². The molecule has 2 rings (SSSR count). The standard InChI is InChI=1S/C12H16O5S/c1-9-3-4-11(18(14,15)16)10(7-9)12(8-13)5-2-6-17-12/h3-4,7,13H,2,5-6,8H2,1H3,(H,14,15,16). The average Bonchev–Trinajstić information content (AvgIpc) is 2.77. The molecule has 0 radical (unpaired) electrons. The first-order valence-corrected chi connectivity index (χ1v) is 7.16. The van der Waals surface area contributed by atoms with Gasteiger partial charge in [-0.25, -0.2) is 0 Å². The zero-order chi connectivity index (χ0) is 13.4. The number of hydrogen-bond acceptors (Lipinski definition) is 4. The summed E-state index contributed by atoms with van der Waals surface area (Å²) in [5.74, 6) is 0. The SMILES string of the molecule is Cc1ccc(S(=O)(=O)O)c(C2(CO)CCCO2)c1. The zero-order valence-electron chi connectivity index (χ0n) is 10.1. The molecular weight excluding hydrogens is 256 g/mol. The molecule has 2 N–H and O–H groups in total. The largest absolute Gasteiger partial charge is 0.393 e. The van der Waals surface area contributed by atoms with Crippen LogP contribution in [0.5, 0.6) is 0 Å². The van der Waals surface area contributed by atoms with Gasteiger partial charge in [0.05, 0.1) is 6.61 Å². The molecule has 0 bridgehead atoms. The smallest absolute Gasteiger partial charge is 0.294 e. The number of aliphatic hydroxyl groups is 1. The number of aliphatic hydroxyl groups excluding tert-OH is 1. The number of ether oxygens (including phenoxy) is 1. The molecule has 1 aliphatic heterocycles. The Kier molecular flexibility index (Phi) is 3.46. The first-order chi connectivity index (χ1) is 8.39. The summed E-state index contributed by atoms with van der Waals surface area (Å²) in [5.41, 5.74) is 0.169. The highest BCUT2D eigenvalue weighted by molar-refractivity contribution is 7.85. The summed E-state index contributed by atoms with van der Waals surface area (Å²) in [7, 11) is -4.33. The third kappa shape index (κ3) is 2.29. The van der Waals surface area contributed by atoms with Crippen molar-refractivity contribution in [1.82, 2.24) is 0 Å². The van der Waals surface area contributed by atoms with Crippen LogP contribution >= 0.6 is 0 Å². The predicted octanol–water partition coefficient (Wildman–Crippen LogP) is 1.24. The molecule has 0 spiro atoms. The van der Waals surface area contributed by atoms with E-state index in [-0.39, 0.29) is 11.5 Å². The quantitative estimate of drug-likeness (QED) is 0.809. The molecule has 1 aromatic carbocycles. The molecule has 5 nitrogen and oxygen atoms in total. The van der Waals surface area contributed by atoms with E-state index < -0.39 is 15.7 Å². The third-order valence-corrected chi connectivity index (χ3v) is 4.17. The van der Waals surface area contributed by atoms with Crippen LogP contribution in [0.1, 0.15) is 24.0 Å². The van der Waals surface area contributed by atoms with Crippen molar-refractivity contribution < 1.29 is 22.8 Å². The van der Waals surface area contributed by atoms with Crippen molar-refractivity contribution >= 4 is 10.1 Å². The van der Waals surface area contributed by atoms with Crippen LogP contribution in [0.2, 0.25) is 0 Å². The molecule has 1 aliphatic rings. The Bertz CT molecular complexity index is 544. The van der Waals surface area contributed by atoms with Gasteiger partial charge in [-0.15, -0.1) is 0 Å². The summed E-state index contributed by atoms with van der Waals surface area (Å²) in [6.07, 6.45) is 1.29. The molecule has 1 fully saturated rings. The normalized spacial score (nSPS) is 24.4. The van der Waals surface area contributed by atoms with Gasteiger partial charge in [0, 0.05) is 12.2 Å². The van der Waals surface area contributed by atoms with Crippen LogP contribution in [0, 0.1) is 6.92 Å². The summed E-state index contributed by atoms with van der Waals surface area (Å²) in [4.78, 5) is -0.191. The maximum absolute atomic E-state index is 11.4. The zero-order valence-corrected chi connectivity index (χ0v) is 10.9. The first kappa shape index (κ1) is 13.5. The monoisotopic (exact) mass is 272 g/mol. The number of hydrogen-bond donors (Lipinski definition) is 2. The molecule has 18 heavy (non-hydrogen) atoms. The summed E-state index contributed by atoms with van der Waals surface area (Å²) >= 11 is 0. The highest BCUT2D eigenvalue weighted by atomic mass is 32.2. The molecule has 1 unspecified atom stereocenters. The molecule has 1 heterocycles. The van der Waals surface area contributed by atoms with Gasteiger partial charge in [0.25, 0.3) is 10.1 Å². The van der Waals surface area contributed by atoms with Crippen molar-refractivity contribution in [2.24, 2.45) is 0 Å². The molecule has 0 saturated carbocycles. The van der Waals surface area contributed by atoms with Gasteiger partial charge in [0.2, 0.25) is 0 Å². The van der Waals surface area contributed by atoms with E-state index >= 15 is 0 Å². The summed E-state index contributed by atoms with van der Waals surface area (Å²) in [6, 6.07) is 4.59. The van der Waals surface area contributed by atoms with E-state index in [0.717, 1.165) is 12.0 Å². The Hall–Kier alpha value is -0.950. The highest BCUT2D eigenvalue weighted by Gasteiger charge is 2.40. The highest BCUT2D eigenvalue weighted by Crippen LogP contribution is 2.39. The van der Waals surface area contributed by atoms with E-state index in [1.807, 2.05) is 6.92 Å². The van der Waals surface area contributed by atoms with Crippen LogP contribution in [-0.2, 0) is 20.5 Å². The van der Waals surface area contributed by atoms with Gasteiger partial charge < -0.3 is 9.84 Å². The molecule has 0 aromatic heterocycles. The second-order valence-corrected chi connectivity index (χ2v) is 5.97. The van der Waals surface area contributed by atoms with Crippen molar-refractivity contribution in [2.45, 2.75) is 30.3 Å². The van der Waals surface area contributed by atoms with E-state index in [1.54, 1.807) is 12.1 Å². The van der Waals surface area contributed by atoms with Gasteiger partial charge >= 0.3 is 0 Å². The minimum Gasteiger partial charge on any atom is -0.393 e. The van der Waals surface area contributed by atoms with Crippen molar-refractivity contribution in [2.75, 3.05) is 13.2 Å². The fraction of sp³-hybridized carbons (Fsp3) is 0.500. The van der Waals surface area contributed by atoms with Crippen LogP contribution in [-0.4, -0.2) is 31.3 Å². The average molecular weight is 272 g/mol. The maximum atomic E-state index is 11.4. The lowest BCUT2D eigenvalue weighted by Gasteiger charge is -2.28. The summed E-state index contributed by atoms with van der Waals surface area (Å²) in [5, 5.41) is 9.55. The van der Waals surface area contributed by atoms with E-state index in [0.29, 0.717) is 18.6 Å². The molecule has 1 aromatic rings. The molecular formula is C12H16O5S. The Labute approximate surface area is 106 Å². The van der Waals surface area contributed by atoms with Crippen LogP contribution in [0.4, 0.5) is 0 Å². The molecule has 1 atom stereocenters. The van der Waals surface area contributed by atoms with Gasteiger partial charge in [-0.05, 0) is 25.8 Å². The number of benzene rings is 1. The molecule has 100 valence electrons. The van der Waals surface area contributed by atoms with E-state index in [1.165, 1.54) is 6.07 Å². The van der Waals surface area contributed by atoms with Gasteiger partial charge in [-0.2, -0.15) is 8.42 Å². The lowest BCUT2D eigenvalue weighted by Crippen LogP contribution is -2.31. The minimum atomic E-state index is -4.33. The Morgan fingerprint density at radius 2 is 2.17 bits per heavy atom. The van der Waals surface area contributed by atoms with E-state index in [2.05, 4.69) is 0 Å². The Morgan fingerprint density at radius 1 is 1.44 bits per heavy atom. The molecule has 1 saturated heterocycles. The van der Waals surface area contributed by atoms with Gasteiger partial charge in [-0.3, -0.25) is 4.55 Å². The molecule has 6 heteroatoms. The fourth-order valence-electron chi connectivity index (χ4n) is 2.34. The van der Waals surface area contributed by atoms with Crippen LogP contribution in [0.25, 0.3) is 0 Å². The Morgan fingerprint density at radius 3 is 2.67 bits per heavy atom. The summed E-state index contributed by atoms with van der Waals surface area (Å²) in [6.45, 7) is 1.98. The lowest BCUT2D eigenvalue weighted by atomic mass is 9.90. The summed E-state index contributed by atoms with van der Waals surface area (Å²) < 4.78 is 37.6. The lowest BCUT2D eigenvalue weighted by molar-refractivity contribution is -0.0450. The van der Waals surface area contributed by atoms with Crippen molar-refractivity contribution in [1.29, 1.82) is 0 Å². The van der Waals surface area contributed by atoms with Crippen molar-refractivity contribution in [3.05, 3.63) is 29.3 Å². The fourth-order valence-corrected chi connectivity index (χ4v) is 3.11. The first-order valence-electron chi connectivity index (χ1n) is 5.72. The van der Waals surface area contributed by atoms with Gasteiger partial charge in [-0.1, -0.05) is 17.7 Å². The van der Waals surface area contributed by atoms with Gasteiger partial charge in [0.1, 0.15) is 10.5 Å². The molecule has 0 amide bonds. The number of rotatable bonds is 3. The van der Waals surface area contributed by atoms with Crippen molar-refractivity contribution in [3.8, 4) is 0 Å². The third-order valence-electron chi connectivity index (χ3n) is 3.26.